The number of nitrogens with zero attached hydrogens (tertiary/aromatic N) is 3. The van der Waals surface area contributed by atoms with Crippen molar-refractivity contribution in [1.29, 1.82) is 5.26 Å². The number of aromatic nitrogens is 1. The maximum atomic E-state index is 12.7. The van der Waals surface area contributed by atoms with Crippen LogP contribution in [0.15, 0.2) is 53.1 Å². The van der Waals surface area contributed by atoms with Crippen LogP contribution in [0, 0.1) is 11.3 Å². The Balaban J connectivity index is 1.80. The van der Waals surface area contributed by atoms with E-state index in [-0.39, 0.29) is 11.9 Å². The molecule has 0 aliphatic rings. The normalized spacial score (nSPS) is 10.3. The summed E-state index contributed by atoms with van der Waals surface area (Å²) in [4.78, 5) is 18.5. The Morgan fingerprint density at radius 2 is 2.00 bits per heavy atom. The third-order valence-electron chi connectivity index (χ3n) is 4.42. The van der Waals surface area contributed by atoms with E-state index in [0.29, 0.717) is 41.5 Å². The fourth-order valence-corrected chi connectivity index (χ4v) is 2.76. The standard InChI is InChI=1S/C22H22N4O4/c1-26(8-9-28-2)21(27)17-10-18(12-19(11-17)29-3)25-22-24-14-20(30-22)16-6-4-15(13-23)5-7-16/h4-7,10-12,14H,8-9H2,1-3H3,(H,24,25). The van der Waals surface area contributed by atoms with Crippen molar-refractivity contribution < 1.29 is 18.7 Å². The van der Waals surface area contributed by atoms with Gasteiger partial charge in [-0.2, -0.15) is 5.26 Å². The minimum absolute atomic E-state index is 0.153. The number of ether oxygens (including phenoxy) is 2. The predicted octanol–water partition coefficient (Wildman–Crippen LogP) is 3.68. The number of hydrogen-bond acceptors (Lipinski definition) is 7. The lowest BCUT2D eigenvalue weighted by Gasteiger charge is -2.17. The van der Waals surface area contributed by atoms with Crippen LogP contribution in [0.3, 0.4) is 0 Å². The zero-order valence-corrected chi connectivity index (χ0v) is 17.0. The zero-order valence-electron chi connectivity index (χ0n) is 17.0. The van der Waals surface area contributed by atoms with Crippen LogP contribution in [-0.2, 0) is 4.74 Å². The number of nitriles is 1. The highest BCUT2D eigenvalue weighted by Gasteiger charge is 2.15. The number of oxazole rings is 1. The van der Waals surface area contributed by atoms with E-state index in [0.717, 1.165) is 5.56 Å². The summed E-state index contributed by atoms with van der Waals surface area (Å²) in [6, 6.07) is 14.5. The predicted molar refractivity (Wildman–Crippen MR) is 112 cm³/mol. The number of methoxy groups -OCH3 is 2. The first-order chi connectivity index (χ1) is 14.5. The molecule has 0 bridgehead atoms. The molecule has 1 N–H and O–H groups in total. The van der Waals surface area contributed by atoms with Crippen LogP contribution in [0.4, 0.5) is 11.7 Å². The smallest absolute Gasteiger partial charge is 0.299 e. The summed E-state index contributed by atoms with van der Waals surface area (Å²) in [7, 11) is 4.84. The van der Waals surface area contributed by atoms with Crippen molar-refractivity contribution in [3.8, 4) is 23.1 Å². The monoisotopic (exact) mass is 406 g/mol. The lowest BCUT2D eigenvalue weighted by molar-refractivity contribution is 0.0744. The van der Waals surface area contributed by atoms with Crippen LogP contribution in [0.2, 0.25) is 0 Å². The van der Waals surface area contributed by atoms with Crippen molar-refractivity contribution >= 4 is 17.6 Å². The number of nitrogens with one attached hydrogen (secondary N) is 1. The number of rotatable bonds is 8. The number of carbonyl (C=O) groups is 1. The molecular weight excluding hydrogens is 384 g/mol. The Labute approximate surface area is 174 Å². The maximum Gasteiger partial charge on any atom is 0.299 e. The first-order valence-electron chi connectivity index (χ1n) is 9.21. The lowest BCUT2D eigenvalue weighted by Crippen LogP contribution is -2.30. The second kappa shape index (κ2) is 9.58. The fraction of sp³-hybridized carbons (Fsp3) is 0.227. The van der Waals surface area contributed by atoms with E-state index in [9.17, 15) is 4.79 Å². The molecule has 0 unspecified atom stereocenters. The number of carbonyl (C=O) groups excluding carboxylic acids is 1. The third kappa shape index (κ3) is 4.96. The second-order valence-electron chi connectivity index (χ2n) is 6.51. The highest BCUT2D eigenvalue weighted by atomic mass is 16.5. The number of likely N-dealkylation sites (N-methyl/N-ethyl adjacent to an activating group) is 1. The van der Waals surface area contributed by atoms with Crippen LogP contribution in [0.25, 0.3) is 11.3 Å². The summed E-state index contributed by atoms with van der Waals surface area (Å²) in [6.07, 6.45) is 1.59. The molecule has 0 atom stereocenters. The van der Waals surface area contributed by atoms with Crippen molar-refractivity contribution in [1.82, 2.24) is 9.88 Å². The van der Waals surface area contributed by atoms with Crippen molar-refractivity contribution in [2.24, 2.45) is 0 Å². The van der Waals surface area contributed by atoms with Gasteiger partial charge in [0.1, 0.15) is 5.75 Å². The number of amides is 1. The number of hydrogen-bond donors (Lipinski definition) is 1. The summed E-state index contributed by atoms with van der Waals surface area (Å²) in [5.41, 5.74) is 2.44. The molecule has 3 aromatic rings. The van der Waals surface area contributed by atoms with E-state index in [1.165, 1.54) is 7.11 Å². The zero-order chi connectivity index (χ0) is 21.5. The molecule has 8 nitrogen and oxygen atoms in total. The largest absolute Gasteiger partial charge is 0.497 e. The highest BCUT2D eigenvalue weighted by molar-refractivity contribution is 5.95. The Hall–Kier alpha value is -3.83. The molecule has 30 heavy (non-hydrogen) atoms. The van der Waals surface area contributed by atoms with Gasteiger partial charge in [-0.05, 0) is 36.4 Å². The lowest BCUT2D eigenvalue weighted by atomic mass is 10.1. The van der Waals surface area contributed by atoms with Crippen LogP contribution < -0.4 is 10.1 Å². The van der Waals surface area contributed by atoms with Gasteiger partial charge < -0.3 is 24.1 Å². The molecule has 2 aromatic carbocycles. The van der Waals surface area contributed by atoms with Gasteiger partial charge >= 0.3 is 0 Å². The third-order valence-corrected chi connectivity index (χ3v) is 4.42. The Kier molecular flexibility index (Phi) is 6.67. The van der Waals surface area contributed by atoms with Gasteiger partial charge in [-0.3, -0.25) is 4.79 Å². The van der Waals surface area contributed by atoms with Gasteiger partial charge in [-0.15, -0.1) is 0 Å². The van der Waals surface area contributed by atoms with Crippen LogP contribution in [0.5, 0.6) is 5.75 Å². The first kappa shape index (κ1) is 20.9. The van der Waals surface area contributed by atoms with Crippen molar-refractivity contribution in [2.75, 3.05) is 39.7 Å². The van der Waals surface area contributed by atoms with Crippen molar-refractivity contribution in [2.45, 2.75) is 0 Å². The van der Waals surface area contributed by atoms with E-state index < -0.39 is 0 Å². The maximum absolute atomic E-state index is 12.7. The van der Waals surface area contributed by atoms with Crippen LogP contribution >= 0.6 is 0 Å². The summed E-state index contributed by atoms with van der Waals surface area (Å²) in [6.45, 7) is 0.925. The molecule has 0 radical (unpaired) electrons. The first-order valence-corrected chi connectivity index (χ1v) is 9.21. The summed E-state index contributed by atoms with van der Waals surface area (Å²) < 4.78 is 16.1. The van der Waals surface area contributed by atoms with Gasteiger partial charge in [0.05, 0.1) is 31.5 Å². The average molecular weight is 406 g/mol. The van der Waals surface area contributed by atoms with Crippen LogP contribution in [-0.4, -0.2) is 50.2 Å². The van der Waals surface area contributed by atoms with Gasteiger partial charge in [0.2, 0.25) is 0 Å². The molecule has 8 heteroatoms. The van der Waals surface area contributed by atoms with Crippen molar-refractivity contribution in [3.63, 3.8) is 0 Å². The SMILES string of the molecule is COCCN(C)C(=O)c1cc(Nc2ncc(-c3ccc(C#N)cc3)o2)cc(OC)c1. The molecule has 3 rings (SSSR count). The Bertz CT molecular complexity index is 1050. The van der Waals surface area contributed by atoms with Gasteiger partial charge in [-0.1, -0.05) is 0 Å². The fourth-order valence-electron chi connectivity index (χ4n) is 2.76. The number of anilines is 2. The summed E-state index contributed by atoms with van der Waals surface area (Å²) in [5.74, 6) is 0.933. The Morgan fingerprint density at radius 1 is 1.23 bits per heavy atom. The van der Waals surface area contributed by atoms with Gasteiger partial charge in [0.15, 0.2) is 5.76 Å². The van der Waals surface area contributed by atoms with Crippen LogP contribution in [0.1, 0.15) is 15.9 Å². The van der Waals surface area contributed by atoms with E-state index in [2.05, 4.69) is 16.4 Å². The molecule has 0 spiro atoms. The molecular formula is C22H22N4O4. The molecule has 1 amide bonds. The molecule has 0 saturated heterocycles. The quantitative estimate of drug-likeness (QED) is 0.609. The van der Waals surface area contributed by atoms with E-state index in [4.69, 9.17) is 19.2 Å². The minimum Gasteiger partial charge on any atom is -0.497 e. The van der Waals surface area contributed by atoms with Gasteiger partial charge in [0.25, 0.3) is 11.9 Å². The van der Waals surface area contributed by atoms with E-state index in [1.807, 2.05) is 0 Å². The average Bonchev–Trinajstić information content (AvgIpc) is 3.25. The summed E-state index contributed by atoms with van der Waals surface area (Å²) >= 11 is 0. The van der Waals surface area contributed by atoms with Gasteiger partial charge in [-0.25, -0.2) is 4.98 Å². The van der Waals surface area contributed by atoms with E-state index in [1.54, 1.807) is 67.7 Å². The minimum atomic E-state index is -0.153. The molecule has 1 heterocycles. The summed E-state index contributed by atoms with van der Waals surface area (Å²) in [5, 5.41) is 12.0. The molecule has 0 fully saturated rings. The van der Waals surface area contributed by atoms with E-state index >= 15 is 0 Å². The molecule has 0 saturated carbocycles. The number of benzene rings is 2. The molecule has 1 aromatic heterocycles. The molecule has 0 aliphatic heterocycles. The molecule has 0 aliphatic carbocycles. The topological polar surface area (TPSA) is 101 Å². The van der Waals surface area contributed by atoms with Crippen molar-refractivity contribution in [3.05, 3.63) is 59.8 Å². The Morgan fingerprint density at radius 3 is 2.67 bits per heavy atom. The highest BCUT2D eigenvalue weighted by Crippen LogP contribution is 2.27. The van der Waals surface area contributed by atoms with Gasteiger partial charge in [0, 0.05) is 43.6 Å². The second-order valence-corrected chi connectivity index (χ2v) is 6.51. The molecule has 154 valence electrons.